The first-order chi connectivity index (χ1) is 12.0. The zero-order valence-corrected chi connectivity index (χ0v) is 20.4. The predicted octanol–water partition coefficient (Wildman–Crippen LogP) is 7.07. The van der Waals surface area contributed by atoms with Gasteiger partial charge in [-0.15, -0.1) is 11.3 Å². The van der Waals surface area contributed by atoms with Gasteiger partial charge in [0.2, 0.25) is 0 Å². The Balaban J connectivity index is 0.00000277. The Hall–Kier alpha value is 0.380. The molecule has 1 aromatic heterocycles. The highest BCUT2D eigenvalue weighted by atomic mass is 79.9. The molecule has 0 aliphatic heterocycles. The molecule has 0 spiro atoms. The maximum Gasteiger partial charge on any atom is 0.151 e. The second kappa shape index (κ2) is 14.4. The summed E-state index contributed by atoms with van der Waals surface area (Å²) < 4.78 is 21.7. The molecule has 1 nitrogen and oxygen atoms in total. The minimum atomic E-state index is -0.273. The van der Waals surface area contributed by atoms with Gasteiger partial charge in [-0.25, -0.2) is 4.39 Å². The van der Waals surface area contributed by atoms with E-state index in [1.807, 2.05) is 13.8 Å². The van der Waals surface area contributed by atoms with Crippen molar-refractivity contribution in [3.63, 3.8) is 0 Å². The normalized spacial score (nSPS) is 13.1. The molecule has 0 saturated carbocycles. The molecule has 0 N–H and O–H groups in total. The van der Waals surface area contributed by atoms with Crippen molar-refractivity contribution in [3.8, 4) is 0 Å². The zero-order valence-electron chi connectivity index (χ0n) is 15.6. The van der Waals surface area contributed by atoms with E-state index >= 15 is 0 Å². The van der Waals surface area contributed by atoms with Crippen molar-refractivity contribution in [2.45, 2.75) is 53.4 Å². The Morgan fingerprint density at radius 3 is 2.52 bits per heavy atom. The van der Waals surface area contributed by atoms with Crippen molar-refractivity contribution in [1.82, 2.24) is 0 Å². The molecule has 1 unspecified atom stereocenters. The summed E-state index contributed by atoms with van der Waals surface area (Å²) in [7, 11) is 1.28. The summed E-state index contributed by atoms with van der Waals surface area (Å²) in [6, 6.07) is 0. The van der Waals surface area contributed by atoms with E-state index in [2.05, 4.69) is 57.7 Å². The molecular weight excluding hydrogens is 487 g/mol. The van der Waals surface area contributed by atoms with Crippen LogP contribution in [0.2, 0.25) is 0 Å². The van der Waals surface area contributed by atoms with Gasteiger partial charge >= 0.3 is 0 Å². The van der Waals surface area contributed by atoms with Gasteiger partial charge in [-0.2, -0.15) is 0 Å². The van der Waals surface area contributed by atoms with Gasteiger partial charge in [0.1, 0.15) is 0 Å². The third-order valence-corrected chi connectivity index (χ3v) is 8.30. The molecule has 6 heteroatoms. The molecule has 0 aromatic carbocycles. The maximum absolute atomic E-state index is 14.6. The van der Waals surface area contributed by atoms with Gasteiger partial charge in [-0.05, 0) is 58.8 Å². The van der Waals surface area contributed by atoms with Crippen LogP contribution in [0.1, 0.15) is 58.3 Å². The largest absolute Gasteiger partial charge is 0.376 e. The van der Waals surface area contributed by atoms with Crippen LogP contribution in [0.3, 0.4) is 0 Å². The van der Waals surface area contributed by atoms with Crippen LogP contribution in [0.5, 0.6) is 0 Å². The van der Waals surface area contributed by atoms with Crippen molar-refractivity contribution in [3.05, 3.63) is 27.0 Å². The van der Waals surface area contributed by atoms with Crippen molar-refractivity contribution < 1.29 is 9.13 Å². The van der Waals surface area contributed by atoms with Crippen LogP contribution < -0.4 is 9.75 Å². The van der Waals surface area contributed by atoms with E-state index in [1.54, 1.807) is 0 Å². The van der Waals surface area contributed by atoms with E-state index in [1.165, 1.54) is 40.8 Å². The summed E-state index contributed by atoms with van der Waals surface area (Å²) in [5, 5.41) is 0.502. The molecular formula is C19H29Br2FOS2. The summed E-state index contributed by atoms with van der Waals surface area (Å²) in [6.45, 7) is 17.4. The first-order valence-corrected chi connectivity index (χ1v) is 12.9. The molecule has 0 radical (unpaired) electrons. The lowest BCUT2D eigenvalue weighted by molar-refractivity contribution is 0.120. The van der Waals surface area contributed by atoms with Crippen LogP contribution >= 0.6 is 52.3 Å². The first-order valence-electron chi connectivity index (χ1n) is 8.67. The van der Waals surface area contributed by atoms with Gasteiger partial charge in [0.15, 0.2) is 5.82 Å². The average Bonchev–Trinajstić information content (AvgIpc) is 2.93. The topological polar surface area (TPSA) is 9.23 Å². The Morgan fingerprint density at radius 2 is 2.00 bits per heavy atom. The molecule has 0 amide bonds. The summed E-state index contributed by atoms with van der Waals surface area (Å²) in [5.74, 6) is 0.299. The molecule has 0 bridgehead atoms. The Kier molecular flexibility index (Phi) is 14.7. The second-order valence-electron chi connectivity index (χ2n) is 5.43. The van der Waals surface area contributed by atoms with Crippen molar-refractivity contribution in [2.24, 2.45) is 5.92 Å². The fraction of sp³-hybridized carbons (Fsp3) is 0.579. The highest BCUT2D eigenvalue weighted by Crippen LogP contribution is 2.29. The molecule has 0 aliphatic carbocycles. The quantitative estimate of drug-likeness (QED) is 0.329. The van der Waals surface area contributed by atoms with E-state index in [0.717, 1.165) is 6.42 Å². The molecule has 1 heterocycles. The summed E-state index contributed by atoms with van der Waals surface area (Å²) in [4.78, 5) is 0.533. The van der Waals surface area contributed by atoms with Gasteiger partial charge in [0, 0.05) is 16.4 Å². The highest BCUT2D eigenvalue weighted by molar-refractivity contribution is 9.53. The van der Waals surface area contributed by atoms with E-state index in [9.17, 15) is 4.39 Å². The van der Waals surface area contributed by atoms with Gasteiger partial charge in [-0.1, -0.05) is 60.1 Å². The fourth-order valence-electron chi connectivity index (χ4n) is 2.23. The molecule has 144 valence electrons. The second-order valence-corrected chi connectivity index (χ2v) is 9.39. The van der Waals surface area contributed by atoms with Crippen LogP contribution in [0, 0.1) is 11.7 Å². The number of thiophene rings is 1. The number of halogens is 3. The SMILES string of the molecule is C=C(COCC(CC)CCCC)c1sc(=C)/c(=C(/Br)SBr)c1F.CC. The van der Waals surface area contributed by atoms with Gasteiger partial charge in [0.25, 0.3) is 0 Å². The summed E-state index contributed by atoms with van der Waals surface area (Å²) in [5.41, 5.74) is 0.675. The van der Waals surface area contributed by atoms with Crippen molar-refractivity contribution >= 4 is 68.2 Å². The number of rotatable bonds is 10. The number of hydrogen-bond donors (Lipinski definition) is 0. The molecule has 1 atom stereocenters. The van der Waals surface area contributed by atoms with E-state index in [-0.39, 0.29) is 5.82 Å². The Morgan fingerprint density at radius 1 is 1.36 bits per heavy atom. The monoisotopic (exact) mass is 514 g/mol. The van der Waals surface area contributed by atoms with Crippen molar-refractivity contribution in [1.29, 1.82) is 0 Å². The van der Waals surface area contributed by atoms with Crippen LogP contribution in [0.4, 0.5) is 4.39 Å². The van der Waals surface area contributed by atoms with E-state index in [0.29, 0.717) is 43.1 Å². The molecule has 0 fully saturated rings. The number of ether oxygens (including phenoxy) is 1. The minimum Gasteiger partial charge on any atom is -0.376 e. The number of unbranched alkanes of at least 4 members (excludes halogenated alkanes) is 1. The highest BCUT2D eigenvalue weighted by Gasteiger charge is 2.15. The van der Waals surface area contributed by atoms with Gasteiger partial charge in [0.05, 0.1) is 15.3 Å². The molecule has 0 saturated heterocycles. The van der Waals surface area contributed by atoms with Crippen LogP contribution in [0.25, 0.3) is 16.0 Å². The molecule has 1 rings (SSSR count). The van der Waals surface area contributed by atoms with Gasteiger partial charge in [-0.3, -0.25) is 0 Å². The van der Waals surface area contributed by atoms with Gasteiger partial charge < -0.3 is 4.74 Å². The third-order valence-electron chi connectivity index (χ3n) is 3.68. The Labute approximate surface area is 176 Å². The molecule has 25 heavy (non-hydrogen) atoms. The predicted molar refractivity (Wildman–Crippen MR) is 122 cm³/mol. The molecule has 0 aliphatic rings. The Bertz CT molecular complexity index is 628. The lowest BCUT2D eigenvalue weighted by Gasteiger charge is -2.15. The van der Waals surface area contributed by atoms with E-state index < -0.39 is 0 Å². The summed E-state index contributed by atoms with van der Waals surface area (Å²) in [6.07, 6.45) is 4.72. The standard InChI is InChI=1S/C17H23Br2FOS2.C2H6/c1-5-7-8-13(6-2)10-21-9-11(3)16-15(20)14(12(4)22-16)17(18)23-19;1-2/h13H,3-10H2,1-2H3;1-2H3/b17-14+;. The van der Waals surface area contributed by atoms with E-state index in [4.69, 9.17) is 4.74 Å². The fourth-order valence-corrected chi connectivity index (χ4v) is 4.55. The van der Waals surface area contributed by atoms with Crippen LogP contribution in [0.15, 0.2) is 6.58 Å². The zero-order chi connectivity index (χ0) is 19.4. The van der Waals surface area contributed by atoms with Crippen LogP contribution in [-0.2, 0) is 4.74 Å². The lowest BCUT2D eigenvalue weighted by atomic mass is 10.0. The average molecular weight is 516 g/mol. The minimum absolute atomic E-state index is 0.273. The maximum atomic E-state index is 14.6. The van der Waals surface area contributed by atoms with Crippen molar-refractivity contribution in [2.75, 3.05) is 13.2 Å². The van der Waals surface area contributed by atoms with Crippen LogP contribution in [-0.4, -0.2) is 13.2 Å². The summed E-state index contributed by atoms with van der Waals surface area (Å²) >= 11 is 7.92. The number of hydrogen-bond acceptors (Lipinski definition) is 3. The third kappa shape index (κ3) is 8.29. The lowest BCUT2D eigenvalue weighted by Crippen LogP contribution is -2.20. The molecule has 1 aromatic rings. The smallest absolute Gasteiger partial charge is 0.151 e. The first kappa shape index (κ1) is 25.4.